The van der Waals surface area contributed by atoms with Gasteiger partial charge in [0, 0.05) is 31.6 Å². The van der Waals surface area contributed by atoms with Crippen molar-refractivity contribution in [2.24, 2.45) is 0 Å². The molecule has 45 heavy (non-hydrogen) atoms. The molecule has 2 N–H and O–H groups in total. The van der Waals surface area contributed by atoms with Gasteiger partial charge in [0.15, 0.2) is 6.29 Å². The van der Waals surface area contributed by atoms with Crippen LogP contribution in [-0.4, -0.2) is 63.7 Å². The number of nitrogens with zero attached hydrogens (tertiary/aromatic N) is 2. The maximum absolute atomic E-state index is 12.9. The summed E-state index contributed by atoms with van der Waals surface area (Å²) in [7, 11) is 0. The van der Waals surface area contributed by atoms with Crippen molar-refractivity contribution in [3.05, 3.63) is 130 Å². The first-order valence-electron chi connectivity index (χ1n) is 15.5. The maximum Gasteiger partial charge on any atom is 0.261 e. The van der Waals surface area contributed by atoms with Crippen LogP contribution in [0.4, 0.5) is 0 Å². The van der Waals surface area contributed by atoms with Crippen molar-refractivity contribution in [1.29, 1.82) is 0 Å². The van der Waals surface area contributed by atoms with E-state index >= 15 is 0 Å². The molecule has 7 rings (SSSR count). The van der Waals surface area contributed by atoms with Crippen molar-refractivity contribution in [3.63, 3.8) is 0 Å². The van der Waals surface area contributed by atoms with Gasteiger partial charge in [-0.2, -0.15) is 0 Å². The topological polar surface area (TPSA) is 99.5 Å². The maximum atomic E-state index is 12.9. The van der Waals surface area contributed by atoms with E-state index in [4.69, 9.17) is 9.47 Å². The molecule has 0 aromatic heterocycles. The molecule has 0 spiro atoms. The average Bonchev–Trinajstić information content (AvgIpc) is 3.60. The molecule has 4 aromatic rings. The van der Waals surface area contributed by atoms with E-state index in [-0.39, 0.29) is 43.3 Å². The highest BCUT2D eigenvalue weighted by Crippen LogP contribution is 2.39. The standard InChI is InChI=1S/C37H36N2O6/c40-23-24-8-10-27(11-9-24)34-19-31(22-38-17-16-30(41)21-38)44-37(45-34)28-14-12-26(13-15-28)29-5-3-4-25(18-29)20-39-35(42)32-6-1-2-7-33(32)36(39)43/h1-15,18,30-31,34,37,40-41H,16-17,19-23H2/t30-,31-,34+,37+/m0/s1. The first kappa shape index (κ1) is 29.5. The molecule has 8 heteroatoms. The second kappa shape index (κ2) is 12.7. The Kier molecular flexibility index (Phi) is 8.31. The van der Waals surface area contributed by atoms with Gasteiger partial charge < -0.3 is 19.7 Å². The van der Waals surface area contributed by atoms with Crippen molar-refractivity contribution in [3.8, 4) is 11.1 Å². The fraction of sp³-hybridized carbons (Fsp3) is 0.297. The van der Waals surface area contributed by atoms with E-state index in [1.165, 1.54) is 4.90 Å². The van der Waals surface area contributed by atoms with Crippen molar-refractivity contribution in [1.82, 2.24) is 9.80 Å². The summed E-state index contributed by atoms with van der Waals surface area (Å²) in [6.45, 7) is 2.43. The van der Waals surface area contributed by atoms with Crippen LogP contribution in [0.1, 0.15) is 68.2 Å². The van der Waals surface area contributed by atoms with E-state index in [9.17, 15) is 19.8 Å². The van der Waals surface area contributed by atoms with E-state index in [0.29, 0.717) is 24.1 Å². The number of benzene rings is 4. The van der Waals surface area contributed by atoms with E-state index in [0.717, 1.165) is 52.9 Å². The molecule has 3 aliphatic rings. The van der Waals surface area contributed by atoms with E-state index in [1.54, 1.807) is 24.3 Å². The van der Waals surface area contributed by atoms with Crippen molar-refractivity contribution >= 4 is 11.8 Å². The Balaban J connectivity index is 1.08. The summed E-state index contributed by atoms with van der Waals surface area (Å²) in [5, 5.41) is 19.5. The predicted octanol–water partition coefficient (Wildman–Crippen LogP) is 5.25. The Hall–Kier alpha value is -4.18. The quantitative estimate of drug-likeness (QED) is 0.265. The van der Waals surface area contributed by atoms with Crippen LogP contribution in [0.5, 0.6) is 0 Å². The van der Waals surface area contributed by atoms with E-state index < -0.39 is 6.29 Å². The molecule has 0 radical (unpaired) electrons. The number of imide groups is 1. The molecule has 230 valence electrons. The lowest BCUT2D eigenvalue weighted by molar-refractivity contribution is -0.252. The van der Waals surface area contributed by atoms with Gasteiger partial charge in [0.05, 0.1) is 42.6 Å². The molecule has 4 aromatic carbocycles. The van der Waals surface area contributed by atoms with Gasteiger partial charge in [0.1, 0.15) is 0 Å². The number of aliphatic hydroxyl groups is 2. The second-order valence-electron chi connectivity index (χ2n) is 12.1. The Labute approximate surface area is 262 Å². The van der Waals surface area contributed by atoms with Crippen LogP contribution < -0.4 is 0 Å². The van der Waals surface area contributed by atoms with Gasteiger partial charge in [-0.3, -0.25) is 19.4 Å². The largest absolute Gasteiger partial charge is 0.392 e. The molecule has 3 heterocycles. The monoisotopic (exact) mass is 604 g/mol. The SMILES string of the molecule is O=C1c2ccccc2C(=O)N1Cc1cccc(-c2ccc([C@@H]3O[C@H](CN4CC[C@H](O)C4)C[C@H](c4ccc(CO)cc4)O3)cc2)c1. The fourth-order valence-corrected chi connectivity index (χ4v) is 6.55. The molecule has 3 aliphatic heterocycles. The smallest absolute Gasteiger partial charge is 0.261 e. The molecular weight excluding hydrogens is 568 g/mol. The highest BCUT2D eigenvalue weighted by atomic mass is 16.7. The van der Waals surface area contributed by atoms with Gasteiger partial charge in [0.2, 0.25) is 0 Å². The zero-order valence-electron chi connectivity index (χ0n) is 24.9. The van der Waals surface area contributed by atoms with Crippen LogP contribution in [0, 0.1) is 0 Å². The molecule has 2 amide bonds. The molecule has 0 saturated carbocycles. The summed E-state index contributed by atoms with van der Waals surface area (Å²) in [6, 6.07) is 30.8. The number of fused-ring (bicyclic) bond motifs is 1. The Morgan fingerprint density at radius 2 is 1.47 bits per heavy atom. The van der Waals surface area contributed by atoms with Crippen molar-refractivity contribution in [2.75, 3.05) is 19.6 Å². The summed E-state index contributed by atoms with van der Waals surface area (Å²) in [4.78, 5) is 29.3. The first-order valence-corrected chi connectivity index (χ1v) is 15.5. The van der Waals surface area contributed by atoms with Crippen LogP contribution in [-0.2, 0) is 22.6 Å². The summed E-state index contributed by atoms with van der Waals surface area (Å²) < 4.78 is 13.0. The number of hydrogen-bond donors (Lipinski definition) is 2. The third-order valence-electron chi connectivity index (χ3n) is 8.99. The highest BCUT2D eigenvalue weighted by molar-refractivity contribution is 6.21. The zero-order valence-corrected chi connectivity index (χ0v) is 24.9. The molecular formula is C37H36N2O6. The summed E-state index contributed by atoms with van der Waals surface area (Å²) in [5.41, 5.74) is 6.55. The number of aliphatic hydroxyl groups excluding tert-OH is 2. The van der Waals surface area contributed by atoms with Gasteiger partial charge in [-0.25, -0.2) is 0 Å². The normalized spacial score (nSPS) is 23.5. The number of ether oxygens (including phenoxy) is 2. The average molecular weight is 605 g/mol. The molecule has 0 bridgehead atoms. The molecule has 0 unspecified atom stereocenters. The second-order valence-corrected chi connectivity index (χ2v) is 12.1. The minimum absolute atomic E-state index is 0.00449. The number of hydrogen-bond acceptors (Lipinski definition) is 7. The predicted molar refractivity (Wildman–Crippen MR) is 168 cm³/mol. The van der Waals surface area contributed by atoms with E-state index in [2.05, 4.69) is 4.90 Å². The number of amides is 2. The molecule has 2 saturated heterocycles. The Morgan fingerprint density at radius 3 is 2.13 bits per heavy atom. The molecule has 0 aliphatic carbocycles. The van der Waals surface area contributed by atoms with Crippen LogP contribution >= 0.6 is 0 Å². The third-order valence-corrected chi connectivity index (χ3v) is 8.99. The van der Waals surface area contributed by atoms with Gasteiger partial charge in [-0.05, 0) is 52.4 Å². The molecule has 8 nitrogen and oxygen atoms in total. The van der Waals surface area contributed by atoms with Crippen LogP contribution in [0.3, 0.4) is 0 Å². The van der Waals surface area contributed by atoms with Crippen LogP contribution in [0.25, 0.3) is 11.1 Å². The lowest BCUT2D eigenvalue weighted by Gasteiger charge is -2.37. The summed E-state index contributed by atoms with van der Waals surface area (Å²) in [5.74, 6) is -0.528. The van der Waals surface area contributed by atoms with Gasteiger partial charge >= 0.3 is 0 Å². The number of carbonyl (C=O) groups is 2. The number of rotatable bonds is 8. The molecule has 4 atom stereocenters. The summed E-state index contributed by atoms with van der Waals surface area (Å²) >= 11 is 0. The van der Waals surface area contributed by atoms with Crippen LogP contribution in [0.15, 0.2) is 97.1 Å². The minimum Gasteiger partial charge on any atom is -0.392 e. The third kappa shape index (κ3) is 6.20. The number of likely N-dealkylation sites (tertiary alicyclic amines) is 1. The van der Waals surface area contributed by atoms with Gasteiger partial charge in [0.25, 0.3) is 11.8 Å². The highest BCUT2D eigenvalue weighted by Gasteiger charge is 2.36. The zero-order chi connectivity index (χ0) is 30.9. The van der Waals surface area contributed by atoms with Gasteiger partial charge in [-0.1, -0.05) is 78.9 Å². The minimum atomic E-state index is -0.562. The van der Waals surface area contributed by atoms with Crippen LogP contribution in [0.2, 0.25) is 0 Å². The van der Waals surface area contributed by atoms with Gasteiger partial charge in [-0.15, -0.1) is 0 Å². The van der Waals surface area contributed by atoms with Crippen molar-refractivity contribution in [2.45, 2.75) is 50.6 Å². The number of β-amino-alcohol motifs (C(OH)–C–C–N with tert-alkyl or cyclic N) is 1. The first-order chi connectivity index (χ1) is 21.9. The summed E-state index contributed by atoms with van der Waals surface area (Å²) in [6.07, 6.45) is 0.371. The number of carbonyl (C=O) groups excluding carboxylic acids is 2. The Bertz CT molecular complexity index is 1650. The van der Waals surface area contributed by atoms with E-state index in [1.807, 2.05) is 72.8 Å². The fourth-order valence-electron chi connectivity index (χ4n) is 6.55. The Morgan fingerprint density at radius 1 is 0.756 bits per heavy atom. The molecule has 2 fully saturated rings. The lowest BCUT2D eigenvalue weighted by Crippen LogP contribution is -2.38. The van der Waals surface area contributed by atoms with Crippen molar-refractivity contribution < 1.29 is 29.3 Å². The lowest BCUT2D eigenvalue weighted by atomic mass is 9.99.